The first-order chi connectivity index (χ1) is 11.6. The van der Waals surface area contributed by atoms with E-state index in [1.807, 2.05) is 4.90 Å². The van der Waals surface area contributed by atoms with E-state index in [9.17, 15) is 14.4 Å². The second-order valence-electron chi connectivity index (χ2n) is 6.41. The van der Waals surface area contributed by atoms with Gasteiger partial charge in [-0.25, -0.2) is 9.78 Å². The van der Waals surface area contributed by atoms with Gasteiger partial charge in [0.2, 0.25) is 0 Å². The first-order valence-electron chi connectivity index (χ1n) is 8.50. The van der Waals surface area contributed by atoms with Crippen molar-refractivity contribution in [1.29, 1.82) is 0 Å². The molecule has 0 unspecified atom stereocenters. The van der Waals surface area contributed by atoms with E-state index >= 15 is 0 Å². The molecule has 1 atom stereocenters. The lowest BCUT2D eigenvalue weighted by atomic mass is 9.96. The quantitative estimate of drug-likeness (QED) is 0.894. The van der Waals surface area contributed by atoms with Gasteiger partial charge in [0, 0.05) is 19.3 Å². The fraction of sp³-hybridized carbons (Fsp3) is 0.529. The normalized spacial score (nSPS) is 18.5. The summed E-state index contributed by atoms with van der Waals surface area (Å²) in [6, 6.07) is 1.51. The predicted molar refractivity (Wildman–Crippen MR) is 91.1 cm³/mol. The first kappa shape index (κ1) is 16.4. The Morgan fingerprint density at radius 1 is 1.29 bits per heavy atom. The number of carbonyl (C=O) groups is 1. The number of nitrogens with zero attached hydrogens (tertiary/aromatic N) is 2. The highest BCUT2D eigenvalue weighted by Gasteiger charge is 2.22. The van der Waals surface area contributed by atoms with Crippen molar-refractivity contribution in [3.8, 4) is 0 Å². The van der Waals surface area contributed by atoms with Crippen LogP contribution in [0.3, 0.4) is 0 Å². The Morgan fingerprint density at radius 3 is 2.92 bits per heavy atom. The van der Waals surface area contributed by atoms with Crippen molar-refractivity contribution >= 4 is 16.9 Å². The average Bonchev–Trinajstić information content (AvgIpc) is 2.80. The lowest BCUT2D eigenvalue weighted by molar-refractivity contribution is 0.0759. The van der Waals surface area contributed by atoms with E-state index in [0.29, 0.717) is 11.5 Å². The lowest BCUT2D eigenvalue weighted by Crippen LogP contribution is -2.32. The van der Waals surface area contributed by atoms with E-state index in [1.165, 1.54) is 25.1 Å². The largest absolute Gasteiger partial charge is 0.339 e. The number of carbonyl (C=O) groups excluding carboxylic acids is 1. The Morgan fingerprint density at radius 2 is 2.12 bits per heavy atom. The van der Waals surface area contributed by atoms with Crippen molar-refractivity contribution in [2.75, 3.05) is 13.1 Å². The molecule has 0 aromatic carbocycles. The van der Waals surface area contributed by atoms with Crippen molar-refractivity contribution < 1.29 is 4.79 Å². The van der Waals surface area contributed by atoms with Crippen LogP contribution in [0.2, 0.25) is 0 Å². The van der Waals surface area contributed by atoms with Crippen LogP contribution in [0.15, 0.2) is 21.9 Å². The molecular weight excluding hydrogens is 308 g/mol. The summed E-state index contributed by atoms with van der Waals surface area (Å²) in [7, 11) is 0. The highest BCUT2D eigenvalue weighted by Crippen LogP contribution is 2.23. The monoisotopic (exact) mass is 330 g/mol. The fourth-order valence-electron chi connectivity index (χ4n) is 3.41. The van der Waals surface area contributed by atoms with Crippen LogP contribution in [0.1, 0.15) is 49.4 Å². The van der Waals surface area contributed by atoms with Gasteiger partial charge in [0.1, 0.15) is 5.65 Å². The standard InChI is InChI=1S/C17H22N4O3/c1-2-4-11-5-3-7-21(8-6-11)16(23)12-9-13-14(18-10-12)19-17(24)20-15(13)22/h9-11H,2-8H2,1H3,(H2,18,19,20,22,24)/t11-/m0/s1. The Labute approximate surface area is 139 Å². The van der Waals surface area contributed by atoms with E-state index in [1.54, 1.807) is 0 Å². The SMILES string of the molecule is CCC[C@H]1CCCN(C(=O)c2cnc3[nH]c(=O)[nH]c(=O)c3c2)CC1. The molecule has 0 radical (unpaired) electrons. The van der Waals surface area contributed by atoms with Gasteiger partial charge in [0.05, 0.1) is 10.9 Å². The number of amides is 1. The highest BCUT2D eigenvalue weighted by atomic mass is 16.2. The molecule has 2 aromatic heterocycles. The van der Waals surface area contributed by atoms with Gasteiger partial charge < -0.3 is 4.90 Å². The zero-order valence-electron chi connectivity index (χ0n) is 13.8. The van der Waals surface area contributed by atoms with Crippen LogP contribution in [-0.4, -0.2) is 38.8 Å². The van der Waals surface area contributed by atoms with E-state index < -0.39 is 11.2 Å². The summed E-state index contributed by atoms with van der Waals surface area (Å²) < 4.78 is 0. The van der Waals surface area contributed by atoms with Crippen LogP contribution in [0, 0.1) is 5.92 Å². The van der Waals surface area contributed by atoms with Crippen molar-refractivity contribution in [3.05, 3.63) is 38.7 Å². The number of H-pyrrole nitrogens is 2. The van der Waals surface area contributed by atoms with Crippen LogP contribution in [0.25, 0.3) is 11.0 Å². The second kappa shape index (κ2) is 6.98. The number of aromatic nitrogens is 3. The maximum absolute atomic E-state index is 12.7. The molecule has 1 aliphatic heterocycles. The molecule has 0 bridgehead atoms. The summed E-state index contributed by atoms with van der Waals surface area (Å²) in [6.07, 6.45) is 7.00. The van der Waals surface area contributed by atoms with Crippen LogP contribution in [0.5, 0.6) is 0 Å². The summed E-state index contributed by atoms with van der Waals surface area (Å²) in [5, 5.41) is 0.221. The number of rotatable bonds is 3. The molecule has 1 fully saturated rings. The third-order valence-electron chi connectivity index (χ3n) is 4.67. The van der Waals surface area contributed by atoms with Gasteiger partial charge in [-0.1, -0.05) is 19.8 Å². The summed E-state index contributed by atoms with van der Waals surface area (Å²) in [6.45, 7) is 3.67. The number of nitrogens with one attached hydrogen (secondary N) is 2. The molecule has 1 saturated heterocycles. The van der Waals surface area contributed by atoms with Gasteiger partial charge in [-0.2, -0.15) is 0 Å². The first-order valence-corrected chi connectivity index (χ1v) is 8.50. The molecule has 0 spiro atoms. The van der Waals surface area contributed by atoms with Gasteiger partial charge in [-0.05, 0) is 31.2 Å². The predicted octanol–water partition coefficient (Wildman–Crippen LogP) is 1.65. The Balaban J connectivity index is 1.83. The maximum Gasteiger partial charge on any atom is 0.327 e. The van der Waals surface area contributed by atoms with Gasteiger partial charge in [0.15, 0.2) is 0 Å². The third kappa shape index (κ3) is 3.39. The molecule has 128 valence electrons. The number of pyridine rings is 1. The Hall–Kier alpha value is -2.44. The van der Waals surface area contributed by atoms with Crippen molar-refractivity contribution in [2.24, 2.45) is 5.92 Å². The number of hydrogen-bond donors (Lipinski definition) is 2. The number of likely N-dealkylation sites (tertiary alicyclic amines) is 1. The molecule has 3 rings (SSSR count). The topological polar surface area (TPSA) is 98.9 Å². The minimum atomic E-state index is -0.603. The molecule has 0 aliphatic carbocycles. The molecule has 0 saturated carbocycles. The number of aromatic amines is 2. The van der Waals surface area contributed by atoms with Gasteiger partial charge in [0.25, 0.3) is 11.5 Å². The lowest BCUT2D eigenvalue weighted by Gasteiger charge is -2.20. The summed E-state index contributed by atoms with van der Waals surface area (Å²) >= 11 is 0. The summed E-state index contributed by atoms with van der Waals surface area (Å²) in [5.74, 6) is 0.586. The van der Waals surface area contributed by atoms with E-state index in [-0.39, 0.29) is 16.9 Å². The molecule has 2 aromatic rings. The molecular formula is C17H22N4O3. The summed E-state index contributed by atoms with van der Waals surface area (Å²) in [5.41, 5.74) is -0.559. The van der Waals surface area contributed by atoms with E-state index in [0.717, 1.165) is 32.4 Å². The van der Waals surface area contributed by atoms with Crippen LogP contribution < -0.4 is 11.2 Å². The third-order valence-corrected chi connectivity index (χ3v) is 4.67. The molecule has 1 amide bonds. The molecule has 1 aliphatic rings. The Kier molecular flexibility index (Phi) is 4.78. The Bertz CT molecular complexity index is 855. The van der Waals surface area contributed by atoms with E-state index in [2.05, 4.69) is 21.9 Å². The fourth-order valence-corrected chi connectivity index (χ4v) is 3.41. The molecule has 24 heavy (non-hydrogen) atoms. The maximum atomic E-state index is 12.7. The molecule has 7 nitrogen and oxygen atoms in total. The van der Waals surface area contributed by atoms with Crippen molar-refractivity contribution in [1.82, 2.24) is 19.9 Å². The van der Waals surface area contributed by atoms with E-state index in [4.69, 9.17) is 0 Å². The zero-order chi connectivity index (χ0) is 17.1. The average molecular weight is 330 g/mol. The minimum absolute atomic E-state index is 0.104. The highest BCUT2D eigenvalue weighted by molar-refractivity contribution is 5.96. The van der Waals surface area contributed by atoms with Crippen LogP contribution in [-0.2, 0) is 0 Å². The summed E-state index contributed by atoms with van der Waals surface area (Å²) in [4.78, 5) is 46.4. The van der Waals surface area contributed by atoms with Gasteiger partial charge >= 0.3 is 5.69 Å². The molecule has 2 N–H and O–H groups in total. The van der Waals surface area contributed by atoms with Crippen molar-refractivity contribution in [3.63, 3.8) is 0 Å². The van der Waals surface area contributed by atoms with Crippen LogP contribution >= 0.6 is 0 Å². The van der Waals surface area contributed by atoms with Crippen LogP contribution in [0.4, 0.5) is 0 Å². The van der Waals surface area contributed by atoms with Gasteiger partial charge in [-0.15, -0.1) is 0 Å². The number of fused-ring (bicyclic) bond motifs is 1. The molecule has 3 heterocycles. The zero-order valence-corrected chi connectivity index (χ0v) is 13.8. The second-order valence-corrected chi connectivity index (χ2v) is 6.41. The molecule has 7 heteroatoms. The smallest absolute Gasteiger partial charge is 0.327 e. The number of hydrogen-bond acceptors (Lipinski definition) is 4. The van der Waals surface area contributed by atoms with Gasteiger partial charge in [-0.3, -0.25) is 19.6 Å². The minimum Gasteiger partial charge on any atom is -0.339 e. The van der Waals surface area contributed by atoms with Crippen molar-refractivity contribution in [2.45, 2.75) is 39.0 Å².